The second-order valence-electron chi connectivity index (χ2n) is 15.1. The van der Waals surface area contributed by atoms with Gasteiger partial charge in [0.2, 0.25) is 11.9 Å². The summed E-state index contributed by atoms with van der Waals surface area (Å²) >= 11 is 0. The summed E-state index contributed by atoms with van der Waals surface area (Å²) in [5.74, 6) is -0.822. The normalized spacial score (nSPS) is 15.7. The highest BCUT2D eigenvalue weighted by Gasteiger charge is 2.32. The number of carbonyl (C=O) groups excluding carboxylic acids is 5. The molecule has 5 amide bonds. The number of carbonyl (C=O) groups is 5. The van der Waals surface area contributed by atoms with Gasteiger partial charge in [-0.2, -0.15) is 0 Å². The molecule has 1 heterocycles. The average Bonchev–Trinajstić information content (AvgIpc) is 3.07. The number of amides is 5. The number of ether oxygens (including phenoxy) is 4. The van der Waals surface area contributed by atoms with Crippen LogP contribution in [0.5, 0.6) is 0 Å². The lowest BCUT2D eigenvalue weighted by atomic mass is 10.1. The van der Waals surface area contributed by atoms with Gasteiger partial charge in [0.05, 0.1) is 0 Å². The van der Waals surface area contributed by atoms with Crippen molar-refractivity contribution in [3.05, 3.63) is 0 Å². The molecule has 1 rings (SSSR count). The van der Waals surface area contributed by atoms with Crippen LogP contribution >= 0.6 is 0 Å². The van der Waals surface area contributed by atoms with Gasteiger partial charge in [0.25, 0.3) is 0 Å². The smallest absolute Gasteiger partial charge is 0.437 e. The fourth-order valence-corrected chi connectivity index (χ4v) is 4.08. The molecule has 0 aromatic carbocycles. The van der Waals surface area contributed by atoms with E-state index >= 15 is 0 Å². The first kappa shape index (κ1) is 40.2. The Bertz CT molecular complexity index is 1110. The maximum atomic E-state index is 13.8. The van der Waals surface area contributed by atoms with Crippen molar-refractivity contribution in [3.63, 3.8) is 0 Å². The quantitative estimate of drug-likeness (QED) is 0.233. The van der Waals surface area contributed by atoms with Crippen molar-refractivity contribution >= 4 is 36.2 Å². The van der Waals surface area contributed by atoms with Crippen molar-refractivity contribution in [3.8, 4) is 0 Å². The van der Waals surface area contributed by atoms with Gasteiger partial charge in [-0.3, -0.25) is 4.79 Å². The van der Waals surface area contributed by atoms with Crippen LogP contribution in [0.1, 0.15) is 102 Å². The molecule has 0 bridgehead atoms. The molecule has 1 fully saturated rings. The van der Waals surface area contributed by atoms with Gasteiger partial charge in [-0.15, -0.1) is 4.99 Å². The van der Waals surface area contributed by atoms with E-state index in [9.17, 15) is 24.0 Å². The molecule has 1 aliphatic heterocycles. The molecule has 1 unspecified atom stereocenters. The van der Waals surface area contributed by atoms with Crippen molar-refractivity contribution in [2.75, 3.05) is 32.7 Å². The standard InChI is InChI=1S/C31H56N6O9/c1-28(2,3)43-24(39)33-21(22(38)35-16-14-17-36(20-19-35)26(41)45-30(7,8)9)15-13-18-37(27(42)46-31(10,11)12)23(32)34-25(40)44-29(4,5)6/h21H,13-20H2,1-12H3,(H,33,39)(H2,32,34,40). The summed E-state index contributed by atoms with van der Waals surface area (Å²) in [5, 5.41) is 2.66. The lowest BCUT2D eigenvalue weighted by Gasteiger charge is -2.30. The van der Waals surface area contributed by atoms with Gasteiger partial charge in [0.1, 0.15) is 28.4 Å². The van der Waals surface area contributed by atoms with E-state index in [1.165, 1.54) is 0 Å². The van der Waals surface area contributed by atoms with Crippen molar-refractivity contribution in [2.24, 2.45) is 10.7 Å². The Morgan fingerprint density at radius 3 is 1.76 bits per heavy atom. The van der Waals surface area contributed by atoms with Crippen LogP contribution in [0.25, 0.3) is 0 Å². The Hall–Kier alpha value is -3.78. The highest BCUT2D eigenvalue weighted by atomic mass is 16.6. The van der Waals surface area contributed by atoms with Crippen LogP contribution in [-0.4, -0.2) is 112 Å². The summed E-state index contributed by atoms with van der Waals surface area (Å²) in [6.45, 7) is 21.6. The minimum Gasteiger partial charge on any atom is -0.444 e. The highest BCUT2D eigenvalue weighted by Crippen LogP contribution is 2.16. The molecule has 264 valence electrons. The van der Waals surface area contributed by atoms with Crippen LogP contribution in [0, 0.1) is 0 Å². The summed E-state index contributed by atoms with van der Waals surface area (Å²) in [5.41, 5.74) is 2.88. The SMILES string of the molecule is CC(C)(C)OC(=O)/N=C(\N)N(CCCC(NC(=O)OC(C)(C)C)C(=O)N1CCCN(C(=O)OC(C)(C)C)CC1)C(=O)OC(C)(C)C. The van der Waals surface area contributed by atoms with Gasteiger partial charge in [-0.1, -0.05) is 0 Å². The molecule has 0 aromatic heterocycles. The number of nitrogens with one attached hydrogen (secondary N) is 1. The third-order valence-corrected chi connectivity index (χ3v) is 5.81. The van der Waals surface area contributed by atoms with E-state index in [0.717, 1.165) is 4.90 Å². The maximum Gasteiger partial charge on any atom is 0.437 e. The molecule has 46 heavy (non-hydrogen) atoms. The zero-order valence-corrected chi connectivity index (χ0v) is 29.8. The average molecular weight is 657 g/mol. The van der Waals surface area contributed by atoms with Crippen LogP contribution in [0.2, 0.25) is 0 Å². The zero-order chi connectivity index (χ0) is 35.7. The Morgan fingerprint density at radius 2 is 1.24 bits per heavy atom. The molecule has 1 atom stereocenters. The topological polar surface area (TPSA) is 182 Å². The van der Waals surface area contributed by atoms with Crippen LogP contribution in [0.15, 0.2) is 4.99 Å². The molecule has 3 N–H and O–H groups in total. The van der Waals surface area contributed by atoms with E-state index < -0.39 is 58.8 Å². The van der Waals surface area contributed by atoms with Gasteiger partial charge < -0.3 is 39.8 Å². The Labute approximate surface area is 273 Å². The number of hydrogen-bond acceptors (Lipinski definition) is 9. The molecular weight excluding hydrogens is 600 g/mol. The van der Waals surface area contributed by atoms with E-state index in [1.807, 2.05) is 0 Å². The first-order chi connectivity index (χ1) is 20.8. The first-order valence-electron chi connectivity index (χ1n) is 15.6. The predicted octanol–water partition coefficient (Wildman–Crippen LogP) is 4.62. The summed E-state index contributed by atoms with van der Waals surface area (Å²) in [4.78, 5) is 72.4. The Balaban J connectivity index is 3.17. The van der Waals surface area contributed by atoms with Crippen LogP contribution in [-0.2, 0) is 23.7 Å². The Morgan fingerprint density at radius 1 is 0.739 bits per heavy atom. The molecule has 15 heteroatoms. The molecular formula is C31H56N6O9. The number of aliphatic imine (C=N–C) groups is 1. The fourth-order valence-electron chi connectivity index (χ4n) is 4.08. The van der Waals surface area contributed by atoms with Crippen LogP contribution in [0.4, 0.5) is 19.2 Å². The number of hydrogen-bond donors (Lipinski definition) is 2. The van der Waals surface area contributed by atoms with E-state index in [0.29, 0.717) is 19.5 Å². The number of alkyl carbamates (subject to hydrolysis) is 1. The molecule has 1 saturated heterocycles. The van der Waals surface area contributed by atoms with Crippen molar-refractivity contribution < 1.29 is 42.9 Å². The third-order valence-electron chi connectivity index (χ3n) is 5.81. The largest absolute Gasteiger partial charge is 0.444 e. The predicted molar refractivity (Wildman–Crippen MR) is 172 cm³/mol. The van der Waals surface area contributed by atoms with E-state index in [2.05, 4.69) is 10.3 Å². The second-order valence-corrected chi connectivity index (χ2v) is 15.1. The van der Waals surface area contributed by atoms with Crippen LogP contribution < -0.4 is 11.1 Å². The van der Waals surface area contributed by atoms with Crippen molar-refractivity contribution in [1.29, 1.82) is 0 Å². The van der Waals surface area contributed by atoms with Gasteiger partial charge in [-0.05, 0) is 102 Å². The summed E-state index contributed by atoms with van der Waals surface area (Å²) < 4.78 is 21.5. The number of rotatable bonds is 6. The van der Waals surface area contributed by atoms with Crippen LogP contribution in [0.3, 0.4) is 0 Å². The van der Waals surface area contributed by atoms with Crippen molar-refractivity contribution in [1.82, 2.24) is 20.0 Å². The Kier molecular flexibility index (Phi) is 14.1. The maximum absolute atomic E-state index is 13.8. The summed E-state index contributed by atoms with van der Waals surface area (Å²) in [6, 6.07) is -1.03. The molecule has 0 spiro atoms. The lowest BCUT2D eigenvalue weighted by molar-refractivity contribution is -0.133. The van der Waals surface area contributed by atoms with Gasteiger partial charge >= 0.3 is 24.4 Å². The van der Waals surface area contributed by atoms with Gasteiger partial charge in [0, 0.05) is 32.7 Å². The first-order valence-corrected chi connectivity index (χ1v) is 15.6. The number of nitrogens with zero attached hydrogens (tertiary/aromatic N) is 4. The van der Waals surface area contributed by atoms with Gasteiger partial charge in [-0.25, -0.2) is 24.1 Å². The fraction of sp³-hybridized carbons (Fsp3) is 0.806. The second kappa shape index (κ2) is 16.2. The summed E-state index contributed by atoms with van der Waals surface area (Å²) in [6.07, 6.45) is -2.36. The number of guanidine groups is 1. The molecule has 0 saturated carbocycles. The molecule has 0 aliphatic carbocycles. The van der Waals surface area contributed by atoms with Gasteiger partial charge in [0.15, 0.2) is 0 Å². The van der Waals surface area contributed by atoms with Crippen molar-refractivity contribution in [2.45, 2.75) is 131 Å². The molecule has 15 nitrogen and oxygen atoms in total. The van der Waals surface area contributed by atoms with E-state index in [1.54, 1.807) is 92.9 Å². The zero-order valence-electron chi connectivity index (χ0n) is 29.8. The monoisotopic (exact) mass is 656 g/mol. The lowest BCUT2D eigenvalue weighted by Crippen LogP contribution is -2.51. The third kappa shape index (κ3) is 16.5. The summed E-state index contributed by atoms with van der Waals surface area (Å²) in [7, 11) is 0. The number of nitrogens with two attached hydrogens (primary N) is 1. The van der Waals surface area contributed by atoms with E-state index in [-0.39, 0.29) is 38.4 Å². The highest BCUT2D eigenvalue weighted by molar-refractivity contribution is 5.98. The van der Waals surface area contributed by atoms with E-state index in [4.69, 9.17) is 24.7 Å². The minimum absolute atomic E-state index is 0.0728. The molecule has 0 radical (unpaired) electrons. The molecule has 1 aliphatic rings. The minimum atomic E-state index is -1.03. The molecule has 0 aromatic rings.